The Kier molecular flexibility index (Phi) is 3.71. The van der Waals surface area contributed by atoms with Crippen LogP contribution in [0.4, 0.5) is 5.69 Å². The van der Waals surface area contributed by atoms with Gasteiger partial charge in [0.2, 0.25) is 9.84 Å². The zero-order valence-electron chi connectivity index (χ0n) is 13.2. The molecule has 0 saturated heterocycles. The fraction of sp³-hybridized carbons (Fsp3) is 0. The van der Waals surface area contributed by atoms with Crippen molar-refractivity contribution in [2.75, 3.05) is 0 Å². The minimum absolute atomic E-state index is 0.0772. The molecule has 6 nitrogen and oxygen atoms in total. The average molecular weight is 387 g/mol. The molecule has 2 heterocycles. The van der Waals surface area contributed by atoms with Gasteiger partial charge in [0.25, 0.3) is 5.69 Å². The summed E-state index contributed by atoms with van der Waals surface area (Å²) in [5, 5.41) is 11.3. The molecule has 0 N–H and O–H groups in total. The molecule has 0 fully saturated rings. The Morgan fingerprint density at radius 1 is 1.04 bits per heavy atom. The summed E-state index contributed by atoms with van der Waals surface area (Å²) < 4.78 is 28.3. The zero-order valence-corrected chi connectivity index (χ0v) is 14.7. The molecule has 1 aromatic heterocycles. The van der Waals surface area contributed by atoms with E-state index in [1.54, 1.807) is 29.0 Å². The second-order valence-electron chi connectivity index (χ2n) is 5.73. The Hall–Kier alpha value is -2.90. The van der Waals surface area contributed by atoms with Gasteiger partial charge in [0.1, 0.15) is 0 Å². The van der Waals surface area contributed by atoms with Gasteiger partial charge in [0.15, 0.2) is 0 Å². The maximum Gasteiger partial charge on any atom is 0.269 e. The molecule has 3 aromatic rings. The zero-order chi connectivity index (χ0) is 18.5. The highest BCUT2D eigenvalue weighted by Gasteiger charge is 2.29. The number of halogens is 1. The van der Waals surface area contributed by atoms with Crippen LogP contribution in [0.2, 0.25) is 5.02 Å². The summed E-state index contributed by atoms with van der Waals surface area (Å²) in [4.78, 5) is 10.5. The van der Waals surface area contributed by atoms with Crippen LogP contribution in [0.3, 0.4) is 0 Å². The number of rotatable bonds is 2. The maximum absolute atomic E-state index is 13.3. The van der Waals surface area contributed by atoms with E-state index in [2.05, 4.69) is 0 Å². The lowest BCUT2D eigenvalue weighted by Gasteiger charge is -2.11. The lowest BCUT2D eigenvalue weighted by atomic mass is 10.2. The van der Waals surface area contributed by atoms with Crippen molar-refractivity contribution in [3.05, 3.63) is 87.2 Å². The third-order valence-electron chi connectivity index (χ3n) is 4.18. The Labute approximate surface area is 154 Å². The molecule has 8 heteroatoms. The summed E-state index contributed by atoms with van der Waals surface area (Å²) in [5.41, 5.74) is 1.41. The first-order valence-electron chi connectivity index (χ1n) is 7.57. The summed E-state index contributed by atoms with van der Waals surface area (Å²) in [5.74, 6) is 0. The van der Waals surface area contributed by atoms with Gasteiger partial charge < -0.3 is 4.57 Å². The standard InChI is InChI=1S/C18H11ClN2O4S/c19-13-5-8-17-16(10-13)20-9-1-2-15(20)11-18(26(17,24)25)12-3-6-14(7-4-12)21(22)23/h1-11H. The van der Waals surface area contributed by atoms with Crippen LogP contribution in [-0.4, -0.2) is 17.9 Å². The van der Waals surface area contributed by atoms with E-state index in [0.29, 0.717) is 22.0 Å². The van der Waals surface area contributed by atoms with Gasteiger partial charge in [-0.15, -0.1) is 0 Å². The van der Waals surface area contributed by atoms with E-state index < -0.39 is 14.8 Å². The quantitative estimate of drug-likeness (QED) is 0.485. The molecule has 1 aliphatic heterocycles. The van der Waals surface area contributed by atoms with Gasteiger partial charge in [0, 0.05) is 29.0 Å². The normalized spacial score (nSPS) is 14.7. The Bertz CT molecular complexity index is 1180. The average Bonchev–Trinajstić information content (AvgIpc) is 3.04. The van der Waals surface area contributed by atoms with Crippen molar-refractivity contribution in [3.8, 4) is 5.69 Å². The highest BCUT2D eigenvalue weighted by molar-refractivity contribution is 8.01. The number of hydrogen-bond donors (Lipinski definition) is 0. The molecule has 4 rings (SSSR count). The fourth-order valence-electron chi connectivity index (χ4n) is 2.95. The van der Waals surface area contributed by atoms with Gasteiger partial charge in [-0.1, -0.05) is 11.6 Å². The van der Waals surface area contributed by atoms with E-state index in [1.165, 1.54) is 36.4 Å². The first-order chi connectivity index (χ1) is 12.4. The van der Waals surface area contributed by atoms with Gasteiger partial charge in [-0.3, -0.25) is 10.1 Å². The summed E-state index contributed by atoms with van der Waals surface area (Å²) in [6.45, 7) is 0. The molecule has 0 radical (unpaired) electrons. The third kappa shape index (κ3) is 2.53. The molecule has 0 atom stereocenters. The molecular formula is C18H11ClN2O4S. The van der Waals surface area contributed by atoms with E-state index in [9.17, 15) is 18.5 Å². The van der Waals surface area contributed by atoms with Gasteiger partial charge in [0.05, 0.1) is 20.4 Å². The fourth-order valence-corrected chi connectivity index (χ4v) is 4.76. The molecule has 0 aliphatic carbocycles. The number of hydrogen-bond acceptors (Lipinski definition) is 4. The van der Waals surface area contributed by atoms with Crippen molar-refractivity contribution < 1.29 is 13.3 Å². The number of nitrogens with zero attached hydrogens (tertiary/aromatic N) is 2. The Morgan fingerprint density at radius 2 is 1.77 bits per heavy atom. The predicted molar refractivity (Wildman–Crippen MR) is 98.9 cm³/mol. The van der Waals surface area contributed by atoms with Gasteiger partial charge >= 0.3 is 0 Å². The first kappa shape index (κ1) is 16.6. The molecule has 0 amide bonds. The van der Waals surface area contributed by atoms with Crippen molar-refractivity contribution in [1.82, 2.24) is 4.57 Å². The molecular weight excluding hydrogens is 376 g/mol. The van der Waals surface area contributed by atoms with Crippen LogP contribution in [0.1, 0.15) is 11.3 Å². The topological polar surface area (TPSA) is 82.2 Å². The van der Waals surface area contributed by atoms with Crippen molar-refractivity contribution >= 4 is 38.1 Å². The molecule has 0 spiro atoms. The molecule has 1 aliphatic rings. The lowest BCUT2D eigenvalue weighted by molar-refractivity contribution is -0.384. The van der Waals surface area contributed by atoms with Crippen LogP contribution in [-0.2, 0) is 9.84 Å². The molecule has 0 unspecified atom stereocenters. The van der Waals surface area contributed by atoms with E-state index in [0.717, 1.165) is 0 Å². The second-order valence-corrected chi connectivity index (χ2v) is 8.05. The van der Waals surface area contributed by atoms with Crippen LogP contribution in [0.5, 0.6) is 0 Å². The molecule has 0 bridgehead atoms. The Balaban J connectivity index is 1.99. The predicted octanol–water partition coefficient (Wildman–Crippen LogP) is 4.32. The van der Waals surface area contributed by atoms with Gasteiger partial charge in [-0.2, -0.15) is 0 Å². The SMILES string of the molecule is O=[N+]([O-])c1ccc(C2=Cc3cccn3-c3cc(Cl)ccc3S2(=O)=O)cc1. The van der Waals surface area contributed by atoms with Crippen molar-refractivity contribution in [2.24, 2.45) is 0 Å². The number of nitro groups is 1. The molecule has 130 valence electrons. The van der Waals surface area contributed by atoms with E-state index >= 15 is 0 Å². The molecule has 0 saturated carbocycles. The number of benzene rings is 2. The van der Waals surface area contributed by atoms with Crippen LogP contribution < -0.4 is 0 Å². The number of nitro benzene ring substituents is 1. The van der Waals surface area contributed by atoms with E-state index in [4.69, 9.17) is 11.6 Å². The molecule has 26 heavy (non-hydrogen) atoms. The summed E-state index contributed by atoms with van der Waals surface area (Å²) in [6.07, 6.45) is 3.32. The lowest BCUT2D eigenvalue weighted by Crippen LogP contribution is -2.06. The first-order valence-corrected chi connectivity index (χ1v) is 9.43. The van der Waals surface area contributed by atoms with Crippen LogP contribution in [0.15, 0.2) is 65.7 Å². The maximum atomic E-state index is 13.3. The summed E-state index contributed by atoms with van der Waals surface area (Å²) in [6, 6.07) is 13.7. The minimum Gasteiger partial charge on any atom is -0.316 e. The minimum atomic E-state index is -3.85. The van der Waals surface area contributed by atoms with Crippen molar-refractivity contribution in [3.63, 3.8) is 0 Å². The summed E-state index contributed by atoms with van der Waals surface area (Å²) in [7, 11) is -3.85. The molecule has 2 aromatic carbocycles. The van der Waals surface area contributed by atoms with E-state index in [-0.39, 0.29) is 15.5 Å². The highest BCUT2D eigenvalue weighted by Crippen LogP contribution is 2.38. The highest BCUT2D eigenvalue weighted by atomic mass is 35.5. The van der Waals surface area contributed by atoms with E-state index in [1.807, 2.05) is 6.07 Å². The van der Waals surface area contributed by atoms with Gasteiger partial charge in [-0.25, -0.2) is 8.42 Å². The number of fused-ring (bicyclic) bond motifs is 3. The van der Waals surface area contributed by atoms with Crippen LogP contribution in [0.25, 0.3) is 16.7 Å². The second kappa shape index (κ2) is 5.82. The van der Waals surface area contributed by atoms with Gasteiger partial charge in [-0.05, 0) is 54.1 Å². The summed E-state index contributed by atoms with van der Waals surface area (Å²) >= 11 is 6.07. The van der Waals surface area contributed by atoms with Crippen molar-refractivity contribution in [2.45, 2.75) is 4.90 Å². The van der Waals surface area contributed by atoms with Crippen LogP contribution in [0, 0.1) is 10.1 Å². The number of non-ortho nitro benzene ring substituents is 1. The van der Waals surface area contributed by atoms with Crippen LogP contribution >= 0.6 is 11.6 Å². The van der Waals surface area contributed by atoms with Crippen molar-refractivity contribution in [1.29, 1.82) is 0 Å². The third-order valence-corrected chi connectivity index (χ3v) is 6.27. The number of aromatic nitrogens is 1. The Morgan fingerprint density at radius 3 is 2.46 bits per heavy atom. The largest absolute Gasteiger partial charge is 0.316 e. The smallest absolute Gasteiger partial charge is 0.269 e. The number of sulfone groups is 1. The monoisotopic (exact) mass is 386 g/mol.